The molecule has 0 bridgehead atoms. The zero-order valence-corrected chi connectivity index (χ0v) is 9.31. The second-order valence-corrected chi connectivity index (χ2v) is 4.01. The third kappa shape index (κ3) is 2.45. The molecular formula is C11H17N3O. The summed E-state index contributed by atoms with van der Waals surface area (Å²) in [4.78, 5) is 10.8. The van der Waals surface area contributed by atoms with Gasteiger partial charge in [0.15, 0.2) is 0 Å². The molecule has 0 saturated carbocycles. The summed E-state index contributed by atoms with van der Waals surface area (Å²) >= 11 is 0. The topological polar surface area (TPSA) is 38.2 Å². The number of aromatic nitrogens is 2. The minimum atomic E-state index is 0.515. The third-order valence-electron chi connectivity index (χ3n) is 2.82. The van der Waals surface area contributed by atoms with Crippen molar-refractivity contribution in [1.82, 2.24) is 9.97 Å². The lowest BCUT2D eigenvalue weighted by Gasteiger charge is -2.31. The predicted octanol–water partition coefficient (Wildman–Crippen LogP) is 1.40. The van der Waals surface area contributed by atoms with Crippen LogP contribution < -0.4 is 4.90 Å². The Morgan fingerprint density at radius 3 is 2.47 bits per heavy atom. The Kier molecular flexibility index (Phi) is 3.16. The molecule has 0 unspecified atom stereocenters. The fourth-order valence-corrected chi connectivity index (χ4v) is 1.80. The molecule has 0 aromatic carbocycles. The highest BCUT2D eigenvalue weighted by atomic mass is 16.5. The van der Waals surface area contributed by atoms with Crippen molar-refractivity contribution in [2.45, 2.75) is 25.8 Å². The molecule has 1 saturated heterocycles. The maximum atomic E-state index is 5.34. The number of anilines is 1. The Hall–Kier alpha value is -1.16. The molecule has 15 heavy (non-hydrogen) atoms. The van der Waals surface area contributed by atoms with Gasteiger partial charge in [0, 0.05) is 38.7 Å². The van der Waals surface area contributed by atoms with Crippen LogP contribution in [0.2, 0.25) is 0 Å². The monoisotopic (exact) mass is 207 g/mol. The fraction of sp³-hybridized carbons (Fsp3) is 0.636. The van der Waals surface area contributed by atoms with E-state index in [1.807, 2.05) is 19.3 Å². The molecule has 4 heteroatoms. The zero-order valence-electron chi connectivity index (χ0n) is 9.31. The van der Waals surface area contributed by atoms with Gasteiger partial charge in [0.2, 0.25) is 5.95 Å². The van der Waals surface area contributed by atoms with Crippen LogP contribution in [0.3, 0.4) is 0 Å². The van der Waals surface area contributed by atoms with Crippen molar-refractivity contribution in [3.8, 4) is 0 Å². The van der Waals surface area contributed by atoms with Crippen molar-refractivity contribution in [3.05, 3.63) is 18.0 Å². The first-order valence-electron chi connectivity index (χ1n) is 5.36. The lowest BCUT2D eigenvalue weighted by atomic mass is 10.1. The molecule has 1 aromatic rings. The van der Waals surface area contributed by atoms with E-state index in [-0.39, 0.29) is 0 Å². The molecule has 0 radical (unpaired) electrons. The average molecular weight is 207 g/mol. The number of ether oxygens (including phenoxy) is 1. The second kappa shape index (κ2) is 4.57. The molecule has 1 aromatic heterocycles. The molecule has 0 N–H and O–H groups in total. The maximum absolute atomic E-state index is 5.34. The summed E-state index contributed by atoms with van der Waals surface area (Å²) in [6.07, 6.45) is 5.85. The molecule has 1 aliphatic rings. The number of rotatable bonds is 2. The van der Waals surface area contributed by atoms with Gasteiger partial charge in [0.25, 0.3) is 0 Å². The average Bonchev–Trinajstić information content (AvgIpc) is 2.30. The van der Waals surface area contributed by atoms with E-state index in [0.717, 1.165) is 37.6 Å². The lowest BCUT2D eigenvalue weighted by molar-refractivity contribution is 0.0852. The highest BCUT2D eigenvalue weighted by Crippen LogP contribution is 2.17. The van der Waals surface area contributed by atoms with E-state index < -0.39 is 0 Å². The number of hydrogen-bond donors (Lipinski definition) is 0. The van der Waals surface area contributed by atoms with Gasteiger partial charge in [-0.2, -0.15) is 0 Å². The van der Waals surface area contributed by atoms with Crippen LogP contribution in [-0.4, -0.2) is 36.3 Å². The second-order valence-electron chi connectivity index (χ2n) is 4.01. The number of aryl methyl sites for hydroxylation is 1. The molecule has 0 atom stereocenters. The fourth-order valence-electron chi connectivity index (χ4n) is 1.80. The van der Waals surface area contributed by atoms with Crippen molar-refractivity contribution in [3.63, 3.8) is 0 Å². The molecule has 0 amide bonds. The Morgan fingerprint density at radius 2 is 1.87 bits per heavy atom. The van der Waals surface area contributed by atoms with Crippen molar-refractivity contribution in [2.24, 2.45) is 0 Å². The summed E-state index contributed by atoms with van der Waals surface area (Å²) in [5.74, 6) is 0.813. The van der Waals surface area contributed by atoms with Crippen molar-refractivity contribution >= 4 is 5.95 Å². The predicted molar refractivity (Wildman–Crippen MR) is 59.0 cm³/mol. The van der Waals surface area contributed by atoms with Crippen LogP contribution in [0, 0.1) is 6.92 Å². The molecular weight excluding hydrogens is 190 g/mol. The Balaban J connectivity index is 2.05. The van der Waals surface area contributed by atoms with E-state index in [1.54, 1.807) is 0 Å². The highest BCUT2D eigenvalue weighted by molar-refractivity contribution is 5.30. The summed E-state index contributed by atoms with van der Waals surface area (Å²) in [7, 11) is 2.06. The van der Waals surface area contributed by atoms with Crippen LogP contribution in [-0.2, 0) is 4.74 Å². The first-order chi connectivity index (χ1) is 7.27. The molecule has 82 valence electrons. The van der Waals surface area contributed by atoms with E-state index in [4.69, 9.17) is 4.74 Å². The third-order valence-corrected chi connectivity index (χ3v) is 2.82. The molecule has 2 rings (SSSR count). The first-order valence-corrected chi connectivity index (χ1v) is 5.36. The standard InChI is InChI=1S/C11H17N3O/c1-9-7-12-11(13-8-9)14(2)10-3-5-15-6-4-10/h7-8,10H,3-6H2,1-2H3. The quantitative estimate of drug-likeness (QED) is 0.734. The first kappa shape index (κ1) is 10.4. The van der Waals surface area contributed by atoms with Crippen LogP contribution in [0.25, 0.3) is 0 Å². The minimum absolute atomic E-state index is 0.515. The summed E-state index contributed by atoms with van der Waals surface area (Å²) in [6.45, 7) is 3.69. The summed E-state index contributed by atoms with van der Waals surface area (Å²) in [5, 5.41) is 0. The van der Waals surface area contributed by atoms with E-state index in [1.165, 1.54) is 0 Å². The Bertz CT molecular complexity index is 306. The van der Waals surface area contributed by atoms with Gasteiger partial charge in [-0.15, -0.1) is 0 Å². The Labute approximate surface area is 90.3 Å². The highest BCUT2D eigenvalue weighted by Gasteiger charge is 2.19. The molecule has 2 heterocycles. The summed E-state index contributed by atoms with van der Waals surface area (Å²) < 4.78 is 5.34. The molecule has 1 fully saturated rings. The number of nitrogens with zero attached hydrogens (tertiary/aromatic N) is 3. The van der Waals surface area contributed by atoms with E-state index in [9.17, 15) is 0 Å². The smallest absolute Gasteiger partial charge is 0.225 e. The van der Waals surface area contributed by atoms with E-state index in [0.29, 0.717) is 6.04 Å². The molecule has 4 nitrogen and oxygen atoms in total. The molecule has 0 spiro atoms. The lowest BCUT2D eigenvalue weighted by Crippen LogP contribution is -2.37. The van der Waals surface area contributed by atoms with Gasteiger partial charge in [-0.05, 0) is 25.3 Å². The van der Waals surface area contributed by atoms with Gasteiger partial charge in [-0.3, -0.25) is 0 Å². The van der Waals surface area contributed by atoms with Crippen molar-refractivity contribution in [2.75, 3.05) is 25.2 Å². The SMILES string of the molecule is Cc1cnc(N(C)C2CCOCC2)nc1. The van der Waals surface area contributed by atoms with Gasteiger partial charge in [0.05, 0.1) is 0 Å². The van der Waals surface area contributed by atoms with Gasteiger partial charge in [-0.1, -0.05) is 0 Å². The largest absolute Gasteiger partial charge is 0.381 e. The van der Waals surface area contributed by atoms with Crippen LogP contribution >= 0.6 is 0 Å². The summed E-state index contributed by atoms with van der Waals surface area (Å²) in [6, 6.07) is 0.515. The minimum Gasteiger partial charge on any atom is -0.381 e. The van der Waals surface area contributed by atoms with E-state index in [2.05, 4.69) is 21.9 Å². The normalized spacial score (nSPS) is 17.7. The van der Waals surface area contributed by atoms with Crippen molar-refractivity contribution in [1.29, 1.82) is 0 Å². The van der Waals surface area contributed by atoms with Crippen LogP contribution in [0.15, 0.2) is 12.4 Å². The van der Waals surface area contributed by atoms with Gasteiger partial charge in [-0.25, -0.2) is 9.97 Å². The Morgan fingerprint density at radius 1 is 1.27 bits per heavy atom. The van der Waals surface area contributed by atoms with Gasteiger partial charge < -0.3 is 9.64 Å². The molecule has 0 aliphatic carbocycles. The van der Waals surface area contributed by atoms with Crippen LogP contribution in [0.1, 0.15) is 18.4 Å². The zero-order chi connectivity index (χ0) is 10.7. The van der Waals surface area contributed by atoms with Crippen LogP contribution in [0.5, 0.6) is 0 Å². The van der Waals surface area contributed by atoms with E-state index >= 15 is 0 Å². The van der Waals surface area contributed by atoms with Crippen LogP contribution in [0.4, 0.5) is 5.95 Å². The maximum Gasteiger partial charge on any atom is 0.225 e. The summed E-state index contributed by atoms with van der Waals surface area (Å²) in [5.41, 5.74) is 1.10. The van der Waals surface area contributed by atoms with Gasteiger partial charge in [0.1, 0.15) is 0 Å². The number of hydrogen-bond acceptors (Lipinski definition) is 4. The van der Waals surface area contributed by atoms with Crippen molar-refractivity contribution < 1.29 is 4.74 Å². The molecule has 1 aliphatic heterocycles. The van der Waals surface area contributed by atoms with Gasteiger partial charge >= 0.3 is 0 Å².